The van der Waals surface area contributed by atoms with Gasteiger partial charge < -0.3 is 15.4 Å². The summed E-state index contributed by atoms with van der Waals surface area (Å²) in [7, 11) is 1.62. The minimum absolute atomic E-state index is 0.0968. The summed E-state index contributed by atoms with van der Waals surface area (Å²) in [4.78, 5) is 24.3. The van der Waals surface area contributed by atoms with Crippen molar-refractivity contribution in [3.63, 3.8) is 0 Å². The molecule has 1 aliphatic rings. The summed E-state index contributed by atoms with van der Waals surface area (Å²) < 4.78 is 7.36. The smallest absolute Gasteiger partial charge is 0.233 e. The van der Waals surface area contributed by atoms with E-state index < -0.39 is 0 Å². The number of amides is 2. The molecule has 3 aromatic rings. The van der Waals surface area contributed by atoms with Gasteiger partial charge in [0.1, 0.15) is 11.6 Å². The monoisotopic (exact) mass is 465 g/mol. The number of methoxy groups -OCH3 is 1. The summed E-state index contributed by atoms with van der Waals surface area (Å²) in [6.07, 6.45) is 2.15. The van der Waals surface area contributed by atoms with Crippen LogP contribution in [0.5, 0.6) is 5.75 Å². The van der Waals surface area contributed by atoms with Crippen molar-refractivity contribution in [1.29, 1.82) is 0 Å². The van der Waals surface area contributed by atoms with Crippen LogP contribution in [0, 0.1) is 0 Å². The second-order valence-electron chi connectivity index (χ2n) is 7.97. The van der Waals surface area contributed by atoms with Gasteiger partial charge in [-0.05, 0) is 44.0 Å². The molecule has 2 N–H and O–H groups in total. The molecule has 1 saturated carbocycles. The number of aromatic nitrogens is 3. The van der Waals surface area contributed by atoms with E-state index in [-0.39, 0.29) is 17.1 Å². The summed E-state index contributed by atoms with van der Waals surface area (Å²) in [5.41, 5.74) is 2.48. The van der Waals surface area contributed by atoms with Gasteiger partial charge in [-0.15, -0.1) is 10.2 Å². The maximum absolute atomic E-state index is 12.8. The number of anilines is 1. The van der Waals surface area contributed by atoms with Crippen LogP contribution in [0.2, 0.25) is 0 Å². The molecule has 1 unspecified atom stereocenters. The number of ether oxygens (including phenoxy) is 1. The van der Waals surface area contributed by atoms with E-state index in [1.807, 2.05) is 60.0 Å². The van der Waals surface area contributed by atoms with E-state index in [1.54, 1.807) is 7.11 Å². The van der Waals surface area contributed by atoms with Gasteiger partial charge >= 0.3 is 0 Å². The van der Waals surface area contributed by atoms with E-state index in [1.165, 1.54) is 18.7 Å². The lowest BCUT2D eigenvalue weighted by molar-refractivity contribution is -0.120. The van der Waals surface area contributed by atoms with Gasteiger partial charge in [0, 0.05) is 30.6 Å². The molecule has 1 atom stereocenters. The van der Waals surface area contributed by atoms with Gasteiger partial charge in [-0.1, -0.05) is 36.0 Å². The highest BCUT2D eigenvalue weighted by Crippen LogP contribution is 2.41. The Kier molecular flexibility index (Phi) is 6.98. The van der Waals surface area contributed by atoms with E-state index >= 15 is 0 Å². The van der Waals surface area contributed by atoms with Crippen LogP contribution >= 0.6 is 11.8 Å². The lowest BCUT2D eigenvalue weighted by atomic mass is 10.2. The van der Waals surface area contributed by atoms with Gasteiger partial charge in [0.25, 0.3) is 0 Å². The highest BCUT2D eigenvalue weighted by Gasteiger charge is 2.32. The molecule has 33 heavy (non-hydrogen) atoms. The molecular weight excluding hydrogens is 438 g/mol. The molecule has 9 heteroatoms. The summed E-state index contributed by atoms with van der Waals surface area (Å²) in [5.74, 6) is 1.77. The summed E-state index contributed by atoms with van der Waals surface area (Å²) >= 11 is 1.36. The Balaban J connectivity index is 1.51. The molecule has 2 aromatic carbocycles. The van der Waals surface area contributed by atoms with Crippen LogP contribution in [0.15, 0.2) is 53.7 Å². The first-order chi connectivity index (χ1) is 16.0. The standard InChI is InChI=1S/C24H27N5O3S/c1-15(23(31)25-14-18-7-4-5-10-21(18)32-3)33-24-28-27-22(17-11-12-17)29(24)20-9-6-8-19(13-20)26-16(2)30/h4-10,13,15,17H,11-12,14H2,1-3H3,(H,25,31)(H,26,30). The van der Waals surface area contributed by atoms with Crippen LogP contribution in [0.1, 0.15) is 44.0 Å². The zero-order valence-corrected chi connectivity index (χ0v) is 19.7. The molecule has 172 valence electrons. The zero-order valence-electron chi connectivity index (χ0n) is 18.9. The number of thioether (sulfide) groups is 1. The van der Waals surface area contributed by atoms with Crippen molar-refractivity contribution >= 4 is 29.3 Å². The lowest BCUT2D eigenvalue weighted by Crippen LogP contribution is -2.30. The summed E-state index contributed by atoms with van der Waals surface area (Å²) in [6, 6.07) is 15.2. The summed E-state index contributed by atoms with van der Waals surface area (Å²) in [6.45, 7) is 3.71. The quantitative estimate of drug-likeness (QED) is 0.465. The predicted molar refractivity (Wildman–Crippen MR) is 128 cm³/mol. The number of rotatable bonds is 9. The molecule has 1 aliphatic carbocycles. The second-order valence-corrected chi connectivity index (χ2v) is 9.28. The number of carbonyl (C=O) groups excluding carboxylic acids is 2. The topological polar surface area (TPSA) is 98.1 Å². The number of benzene rings is 2. The first-order valence-electron chi connectivity index (χ1n) is 10.9. The first-order valence-corrected chi connectivity index (χ1v) is 11.7. The van der Waals surface area contributed by atoms with E-state index in [4.69, 9.17) is 4.74 Å². The van der Waals surface area contributed by atoms with Crippen molar-refractivity contribution in [2.45, 2.75) is 49.6 Å². The molecule has 2 amide bonds. The fourth-order valence-electron chi connectivity index (χ4n) is 3.52. The van der Waals surface area contributed by atoms with Crippen LogP contribution in [0.4, 0.5) is 5.69 Å². The van der Waals surface area contributed by atoms with Crippen LogP contribution in [-0.2, 0) is 16.1 Å². The molecule has 1 heterocycles. The normalized spacial score (nSPS) is 13.9. The number of nitrogens with one attached hydrogen (secondary N) is 2. The Bertz CT molecular complexity index is 1160. The van der Waals surface area contributed by atoms with Gasteiger partial charge in [-0.3, -0.25) is 14.2 Å². The van der Waals surface area contributed by atoms with Gasteiger partial charge in [0.05, 0.1) is 18.0 Å². The highest BCUT2D eigenvalue weighted by molar-refractivity contribution is 8.00. The minimum atomic E-state index is -0.381. The van der Waals surface area contributed by atoms with E-state index in [2.05, 4.69) is 20.8 Å². The summed E-state index contributed by atoms with van der Waals surface area (Å²) in [5, 5.41) is 14.9. The number of hydrogen-bond donors (Lipinski definition) is 2. The number of hydrogen-bond acceptors (Lipinski definition) is 6. The van der Waals surface area contributed by atoms with Crippen molar-refractivity contribution in [1.82, 2.24) is 20.1 Å². The van der Waals surface area contributed by atoms with Crippen LogP contribution in [0.25, 0.3) is 5.69 Å². The zero-order chi connectivity index (χ0) is 23.4. The van der Waals surface area contributed by atoms with Crippen molar-refractivity contribution in [2.24, 2.45) is 0 Å². The fourth-order valence-corrected chi connectivity index (χ4v) is 4.42. The molecule has 0 saturated heterocycles. The number of para-hydroxylation sites is 1. The van der Waals surface area contributed by atoms with Gasteiger partial charge in [-0.2, -0.15) is 0 Å². The number of nitrogens with zero attached hydrogens (tertiary/aromatic N) is 3. The van der Waals surface area contributed by atoms with E-state index in [9.17, 15) is 9.59 Å². The molecule has 1 fully saturated rings. The highest BCUT2D eigenvalue weighted by atomic mass is 32.2. The first kappa shape index (κ1) is 22.8. The van der Waals surface area contributed by atoms with Crippen molar-refractivity contribution < 1.29 is 14.3 Å². The average molecular weight is 466 g/mol. The Morgan fingerprint density at radius 2 is 1.97 bits per heavy atom. The third kappa shape index (κ3) is 5.54. The molecule has 0 radical (unpaired) electrons. The molecular formula is C24H27N5O3S. The predicted octanol–water partition coefficient (Wildman–Crippen LogP) is 3.91. The minimum Gasteiger partial charge on any atom is -0.496 e. The average Bonchev–Trinajstić information content (AvgIpc) is 3.57. The maximum atomic E-state index is 12.8. The van der Waals surface area contributed by atoms with E-state index in [0.29, 0.717) is 23.3 Å². The van der Waals surface area contributed by atoms with E-state index in [0.717, 1.165) is 35.7 Å². The second kappa shape index (κ2) is 10.1. The van der Waals surface area contributed by atoms with Crippen LogP contribution in [-0.4, -0.2) is 38.9 Å². The third-order valence-electron chi connectivity index (χ3n) is 5.32. The fraction of sp³-hybridized carbons (Fsp3) is 0.333. The molecule has 0 aliphatic heterocycles. The van der Waals surface area contributed by atoms with Crippen molar-refractivity contribution in [2.75, 3.05) is 12.4 Å². The van der Waals surface area contributed by atoms with Gasteiger partial charge in [0.2, 0.25) is 11.8 Å². The lowest BCUT2D eigenvalue weighted by Gasteiger charge is -2.15. The third-order valence-corrected chi connectivity index (χ3v) is 6.37. The molecule has 8 nitrogen and oxygen atoms in total. The maximum Gasteiger partial charge on any atom is 0.233 e. The molecule has 4 rings (SSSR count). The molecule has 0 spiro atoms. The largest absolute Gasteiger partial charge is 0.496 e. The van der Waals surface area contributed by atoms with Gasteiger partial charge in [0.15, 0.2) is 5.16 Å². The SMILES string of the molecule is COc1ccccc1CNC(=O)C(C)Sc1nnc(C2CC2)n1-c1cccc(NC(C)=O)c1. The van der Waals surface area contributed by atoms with Crippen LogP contribution in [0.3, 0.4) is 0 Å². The Morgan fingerprint density at radius 1 is 1.18 bits per heavy atom. The molecule has 1 aromatic heterocycles. The van der Waals surface area contributed by atoms with Gasteiger partial charge in [-0.25, -0.2) is 0 Å². The number of carbonyl (C=O) groups is 2. The molecule has 0 bridgehead atoms. The van der Waals surface area contributed by atoms with Crippen LogP contribution < -0.4 is 15.4 Å². The van der Waals surface area contributed by atoms with Crippen molar-refractivity contribution in [3.8, 4) is 11.4 Å². The Hall–Kier alpha value is -3.33. The Labute approximate surface area is 197 Å². The Morgan fingerprint density at radius 3 is 2.70 bits per heavy atom. The van der Waals surface area contributed by atoms with Crippen molar-refractivity contribution in [3.05, 3.63) is 59.9 Å².